The summed E-state index contributed by atoms with van der Waals surface area (Å²) >= 11 is 0. The van der Waals surface area contributed by atoms with Gasteiger partial charge < -0.3 is 10.5 Å². The van der Waals surface area contributed by atoms with Gasteiger partial charge in [-0.25, -0.2) is 0 Å². The zero-order chi connectivity index (χ0) is 21.2. The fourth-order valence-electron chi connectivity index (χ4n) is 3.99. The van der Waals surface area contributed by atoms with E-state index in [0.717, 1.165) is 39.9 Å². The summed E-state index contributed by atoms with van der Waals surface area (Å²) in [5, 5.41) is 10.9. The van der Waals surface area contributed by atoms with E-state index in [-0.39, 0.29) is 6.04 Å². The number of rotatable bonds is 6. The minimum atomic E-state index is -0.112. The van der Waals surface area contributed by atoms with Gasteiger partial charge in [0.2, 0.25) is 0 Å². The Bertz CT molecular complexity index is 1350. The number of nitrogens with one attached hydrogen (secondary N) is 1. The Labute approximate surface area is 180 Å². The largest absolute Gasteiger partial charge is 0.490 e. The summed E-state index contributed by atoms with van der Waals surface area (Å²) in [4.78, 5) is 4.36. The molecule has 0 aliphatic carbocycles. The Morgan fingerprint density at radius 2 is 1.81 bits per heavy atom. The summed E-state index contributed by atoms with van der Waals surface area (Å²) in [6, 6.07) is 22.8. The highest BCUT2D eigenvalue weighted by Gasteiger charge is 2.10. The number of fused-ring (bicyclic) bond motifs is 2. The molecule has 3 aromatic carbocycles. The van der Waals surface area contributed by atoms with Crippen LogP contribution in [0.5, 0.6) is 5.75 Å². The molecule has 0 saturated heterocycles. The highest BCUT2D eigenvalue weighted by molar-refractivity contribution is 5.87. The maximum atomic E-state index is 6.40. The van der Waals surface area contributed by atoms with Crippen LogP contribution >= 0.6 is 0 Å². The number of hydrogen-bond acceptors (Lipinski definition) is 4. The molecule has 0 bridgehead atoms. The molecule has 5 heteroatoms. The predicted molar refractivity (Wildman–Crippen MR) is 125 cm³/mol. The van der Waals surface area contributed by atoms with E-state index in [9.17, 15) is 0 Å². The van der Waals surface area contributed by atoms with Crippen LogP contribution in [0.2, 0.25) is 0 Å². The van der Waals surface area contributed by atoms with E-state index in [1.165, 1.54) is 16.3 Å². The lowest BCUT2D eigenvalue weighted by atomic mass is 9.99. The number of H-pyrrole nitrogens is 1. The molecule has 0 fully saturated rings. The van der Waals surface area contributed by atoms with Gasteiger partial charge in [0.15, 0.2) is 0 Å². The molecule has 0 aliphatic rings. The van der Waals surface area contributed by atoms with Gasteiger partial charge >= 0.3 is 0 Å². The molecule has 2 aromatic heterocycles. The van der Waals surface area contributed by atoms with Crippen LogP contribution in [0.1, 0.15) is 11.3 Å². The SMILES string of the molecule is Cc1[nH]nc2ccc(-c3cncc(OCC(N)Cc4cccc5ccccc45)c3)cc12. The van der Waals surface area contributed by atoms with Crippen LogP contribution in [0.15, 0.2) is 79.1 Å². The molecule has 154 valence electrons. The lowest BCUT2D eigenvalue weighted by Crippen LogP contribution is -2.30. The number of ether oxygens (including phenoxy) is 1. The molecule has 0 aliphatic heterocycles. The first-order valence-electron chi connectivity index (χ1n) is 10.4. The molecule has 5 nitrogen and oxygen atoms in total. The average Bonchev–Trinajstić information content (AvgIpc) is 3.18. The second kappa shape index (κ2) is 8.20. The molecule has 0 spiro atoms. The molecule has 0 radical (unpaired) electrons. The number of aromatic nitrogens is 3. The quantitative estimate of drug-likeness (QED) is 0.413. The highest BCUT2D eigenvalue weighted by Crippen LogP contribution is 2.27. The minimum Gasteiger partial charge on any atom is -0.490 e. The second-order valence-electron chi connectivity index (χ2n) is 7.90. The fraction of sp³-hybridized carbons (Fsp3) is 0.154. The number of nitrogens with zero attached hydrogens (tertiary/aromatic N) is 2. The number of hydrogen-bond donors (Lipinski definition) is 2. The molecule has 5 aromatic rings. The van der Waals surface area contributed by atoms with Crippen molar-refractivity contribution in [3.8, 4) is 16.9 Å². The minimum absolute atomic E-state index is 0.112. The van der Waals surface area contributed by atoms with Crippen LogP contribution in [0, 0.1) is 6.92 Å². The number of benzene rings is 3. The Hall–Kier alpha value is -3.70. The van der Waals surface area contributed by atoms with Gasteiger partial charge in [0.25, 0.3) is 0 Å². The van der Waals surface area contributed by atoms with E-state index in [4.69, 9.17) is 10.5 Å². The van der Waals surface area contributed by atoms with Crippen molar-refractivity contribution in [2.75, 3.05) is 6.61 Å². The van der Waals surface area contributed by atoms with Crippen LogP contribution in [0.4, 0.5) is 0 Å². The molecule has 31 heavy (non-hydrogen) atoms. The molecule has 2 heterocycles. The maximum Gasteiger partial charge on any atom is 0.138 e. The predicted octanol–water partition coefficient (Wildman–Crippen LogP) is 5.04. The summed E-state index contributed by atoms with van der Waals surface area (Å²) < 4.78 is 6.00. The Morgan fingerprint density at radius 3 is 2.74 bits per heavy atom. The summed E-state index contributed by atoms with van der Waals surface area (Å²) in [6.07, 6.45) is 4.33. The first kappa shape index (κ1) is 19.3. The summed E-state index contributed by atoms with van der Waals surface area (Å²) in [7, 11) is 0. The molecular formula is C26H24N4O. The van der Waals surface area contributed by atoms with Crippen LogP contribution < -0.4 is 10.5 Å². The van der Waals surface area contributed by atoms with Gasteiger partial charge in [-0.15, -0.1) is 0 Å². The first-order valence-corrected chi connectivity index (χ1v) is 10.4. The van der Waals surface area contributed by atoms with Gasteiger partial charge in [-0.05, 0) is 53.4 Å². The first-order chi connectivity index (χ1) is 15.2. The number of pyridine rings is 1. The van der Waals surface area contributed by atoms with Gasteiger partial charge in [-0.2, -0.15) is 5.10 Å². The van der Waals surface area contributed by atoms with Crippen molar-refractivity contribution in [2.24, 2.45) is 5.73 Å². The molecule has 0 amide bonds. The Morgan fingerprint density at radius 1 is 0.935 bits per heavy atom. The van der Waals surface area contributed by atoms with E-state index in [2.05, 4.69) is 69.8 Å². The molecule has 5 rings (SSSR count). The maximum absolute atomic E-state index is 6.40. The second-order valence-corrected chi connectivity index (χ2v) is 7.90. The zero-order valence-corrected chi connectivity index (χ0v) is 17.4. The van der Waals surface area contributed by atoms with E-state index in [1.807, 2.05) is 25.3 Å². The lowest BCUT2D eigenvalue weighted by Gasteiger charge is -2.15. The number of nitrogens with two attached hydrogens (primary N) is 1. The van der Waals surface area contributed by atoms with Crippen molar-refractivity contribution in [1.29, 1.82) is 0 Å². The Balaban J connectivity index is 1.29. The summed E-state index contributed by atoms with van der Waals surface area (Å²) in [5.41, 5.74) is 11.7. The molecular weight excluding hydrogens is 384 g/mol. The van der Waals surface area contributed by atoms with Crippen LogP contribution in [-0.4, -0.2) is 27.8 Å². The molecule has 0 saturated carbocycles. The van der Waals surface area contributed by atoms with Gasteiger partial charge in [0.1, 0.15) is 12.4 Å². The van der Waals surface area contributed by atoms with Gasteiger partial charge in [-0.3, -0.25) is 10.1 Å². The van der Waals surface area contributed by atoms with E-state index < -0.39 is 0 Å². The monoisotopic (exact) mass is 408 g/mol. The third kappa shape index (κ3) is 4.00. The van der Waals surface area contributed by atoms with Gasteiger partial charge in [0, 0.05) is 28.9 Å². The van der Waals surface area contributed by atoms with Crippen molar-refractivity contribution in [1.82, 2.24) is 15.2 Å². The lowest BCUT2D eigenvalue weighted by molar-refractivity contribution is 0.287. The molecule has 1 unspecified atom stereocenters. The molecule has 1 atom stereocenters. The standard InChI is InChI=1S/C26H24N4O/c1-17-25-13-19(9-10-26(25)30-29-17)21-12-23(15-28-14-21)31-16-22(27)11-20-7-4-6-18-5-2-3-8-24(18)20/h2-10,12-15,22H,11,16,27H2,1H3,(H,29,30). The topological polar surface area (TPSA) is 76.8 Å². The zero-order valence-electron chi connectivity index (χ0n) is 17.4. The van der Waals surface area contributed by atoms with Gasteiger partial charge in [-0.1, -0.05) is 48.5 Å². The van der Waals surface area contributed by atoms with Crippen LogP contribution in [-0.2, 0) is 6.42 Å². The van der Waals surface area contributed by atoms with Crippen molar-refractivity contribution in [3.05, 3.63) is 90.4 Å². The summed E-state index contributed by atoms with van der Waals surface area (Å²) in [5.74, 6) is 0.717. The van der Waals surface area contributed by atoms with Crippen LogP contribution in [0.25, 0.3) is 32.8 Å². The Kier molecular flexibility index (Phi) is 5.10. The highest BCUT2D eigenvalue weighted by atomic mass is 16.5. The van der Waals surface area contributed by atoms with Crippen molar-refractivity contribution < 1.29 is 4.74 Å². The van der Waals surface area contributed by atoms with Crippen molar-refractivity contribution in [3.63, 3.8) is 0 Å². The third-order valence-electron chi connectivity index (χ3n) is 5.62. The third-order valence-corrected chi connectivity index (χ3v) is 5.62. The number of aromatic amines is 1. The smallest absolute Gasteiger partial charge is 0.138 e. The number of aryl methyl sites for hydroxylation is 1. The normalized spacial score (nSPS) is 12.3. The summed E-state index contributed by atoms with van der Waals surface area (Å²) in [6.45, 7) is 2.45. The van der Waals surface area contributed by atoms with Crippen LogP contribution in [0.3, 0.4) is 0 Å². The van der Waals surface area contributed by atoms with Crippen molar-refractivity contribution in [2.45, 2.75) is 19.4 Å². The van der Waals surface area contributed by atoms with Gasteiger partial charge in [0.05, 0.1) is 11.7 Å². The fourth-order valence-corrected chi connectivity index (χ4v) is 3.99. The van der Waals surface area contributed by atoms with E-state index in [1.54, 1.807) is 6.20 Å². The van der Waals surface area contributed by atoms with E-state index in [0.29, 0.717) is 6.61 Å². The van der Waals surface area contributed by atoms with Crippen molar-refractivity contribution >= 4 is 21.7 Å². The average molecular weight is 409 g/mol. The molecule has 3 N–H and O–H groups in total. The van der Waals surface area contributed by atoms with E-state index >= 15 is 0 Å².